The Morgan fingerprint density at radius 1 is 1.50 bits per heavy atom. The Balaban J connectivity index is 2.83. The highest BCUT2D eigenvalue weighted by Gasteiger charge is 2.11. The molecular weight excluding hydrogens is 174 g/mol. The van der Waals surface area contributed by atoms with Crippen molar-refractivity contribution in [2.45, 2.75) is 26.2 Å². The van der Waals surface area contributed by atoms with Crippen molar-refractivity contribution in [2.75, 3.05) is 6.54 Å². The second-order valence-electron chi connectivity index (χ2n) is 3.75. The van der Waals surface area contributed by atoms with Crippen LogP contribution in [0.25, 0.3) is 0 Å². The fourth-order valence-electron chi connectivity index (χ4n) is 1.61. The van der Waals surface area contributed by atoms with Gasteiger partial charge in [0.05, 0.1) is 0 Å². The predicted molar refractivity (Wildman–Crippen MR) is 58.3 cm³/mol. The van der Waals surface area contributed by atoms with Crippen molar-refractivity contribution >= 4 is 5.78 Å². The first kappa shape index (κ1) is 10.9. The van der Waals surface area contributed by atoms with E-state index < -0.39 is 0 Å². The Hall–Kier alpha value is -1.15. The third-order valence-electron chi connectivity index (χ3n) is 2.33. The summed E-state index contributed by atoms with van der Waals surface area (Å²) in [6.07, 6.45) is 0.542. The monoisotopic (exact) mass is 191 g/mol. The first-order valence-corrected chi connectivity index (χ1v) is 4.89. The highest BCUT2D eigenvalue weighted by Crippen LogP contribution is 2.19. The van der Waals surface area contributed by atoms with Crippen molar-refractivity contribution in [2.24, 2.45) is 5.73 Å². The van der Waals surface area contributed by atoms with Gasteiger partial charge in [-0.15, -0.1) is 0 Å². The molecule has 1 rings (SSSR count). The van der Waals surface area contributed by atoms with E-state index in [-0.39, 0.29) is 11.7 Å². The molecule has 0 bridgehead atoms. The minimum Gasteiger partial charge on any atom is -0.330 e. The quantitative estimate of drug-likeness (QED) is 0.791. The van der Waals surface area contributed by atoms with Crippen LogP contribution in [0.5, 0.6) is 0 Å². The zero-order valence-corrected chi connectivity index (χ0v) is 8.79. The Bertz CT molecular complexity index is 320. The number of hydrogen-bond donors (Lipinski definition) is 1. The molecule has 14 heavy (non-hydrogen) atoms. The van der Waals surface area contributed by atoms with Gasteiger partial charge in [0.2, 0.25) is 0 Å². The number of carbonyl (C=O) groups excluding carboxylic acids is 1. The number of aryl methyl sites for hydroxylation is 1. The summed E-state index contributed by atoms with van der Waals surface area (Å²) < 4.78 is 0. The van der Waals surface area contributed by atoms with Crippen LogP contribution in [0.15, 0.2) is 24.3 Å². The van der Waals surface area contributed by atoms with Gasteiger partial charge in [-0.1, -0.05) is 29.8 Å². The van der Waals surface area contributed by atoms with Crippen LogP contribution in [0, 0.1) is 6.92 Å². The van der Waals surface area contributed by atoms with Crippen LogP contribution < -0.4 is 5.73 Å². The molecule has 0 aliphatic heterocycles. The van der Waals surface area contributed by atoms with Crippen molar-refractivity contribution in [3.05, 3.63) is 35.4 Å². The minimum absolute atomic E-state index is 0.174. The van der Waals surface area contributed by atoms with Crippen molar-refractivity contribution in [3.8, 4) is 0 Å². The lowest BCUT2D eigenvalue weighted by Gasteiger charge is -2.13. The highest BCUT2D eigenvalue weighted by atomic mass is 16.1. The van der Waals surface area contributed by atoms with Crippen molar-refractivity contribution in [1.82, 2.24) is 0 Å². The first-order valence-electron chi connectivity index (χ1n) is 4.89. The van der Waals surface area contributed by atoms with Crippen LogP contribution in [0.1, 0.15) is 30.4 Å². The third kappa shape index (κ3) is 2.96. The Labute approximate surface area is 85.1 Å². The van der Waals surface area contributed by atoms with E-state index in [2.05, 4.69) is 6.07 Å². The maximum Gasteiger partial charge on any atom is 0.130 e. The molecule has 0 aliphatic carbocycles. The summed E-state index contributed by atoms with van der Waals surface area (Å²) in [6, 6.07) is 8.19. The number of benzene rings is 1. The topological polar surface area (TPSA) is 43.1 Å². The molecule has 2 N–H and O–H groups in total. The van der Waals surface area contributed by atoms with Gasteiger partial charge in [0.25, 0.3) is 0 Å². The normalized spacial score (nSPS) is 12.5. The first-order chi connectivity index (χ1) is 6.63. The minimum atomic E-state index is 0.174. The zero-order chi connectivity index (χ0) is 10.6. The molecule has 0 unspecified atom stereocenters. The molecular formula is C12H17NO. The van der Waals surface area contributed by atoms with Gasteiger partial charge in [-0.25, -0.2) is 0 Å². The number of hydrogen-bond acceptors (Lipinski definition) is 2. The van der Waals surface area contributed by atoms with Gasteiger partial charge >= 0.3 is 0 Å². The van der Waals surface area contributed by atoms with Crippen molar-refractivity contribution in [3.63, 3.8) is 0 Å². The van der Waals surface area contributed by atoms with Gasteiger partial charge in [0.1, 0.15) is 5.78 Å². The number of carbonyl (C=O) groups is 1. The van der Waals surface area contributed by atoms with Gasteiger partial charge in [-0.05, 0) is 26.0 Å². The van der Waals surface area contributed by atoms with Crippen molar-refractivity contribution in [1.29, 1.82) is 0 Å². The average Bonchev–Trinajstić information content (AvgIpc) is 2.14. The lowest BCUT2D eigenvalue weighted by molar-refractivity contribution is -0.117. The molecule has 0 aliphatic rings. The second-order valence-corrected chi connectivity index (χ2v) is 3.75. The second kappa shape index (κ2) is 4.91. The molecule has 0 saturated carbocycles. The average molecular weight is 191 g/mol. The van der Waals surface area contributed by atoms with Crippen LogP contribution in [0.3, 0.4) is 0 Å². The van der Waals surface area contributed by atoms with Gasteiger partial charge in [-0.2, -0.15) is 0 Å². The zero-order valence-electron chi connectivity index (χ0n) is 8.79. The van der Waals surface area contributed by atoms with E-state index >= 15 is 0 Å². The van der Waals surface area contributed by atoms with E-state index in [1.807, 2.05) is 25.1 Å². The van der Waals surface area contributed by atoms with E-state index in [4.69, 9.17) is 5.73 Å². The highest BCUT2D eigenvalue weighted by molar-refractivity contribution is 5.76. The molecule has 0 heterocycles. The summed E-state index contributed by atoms with van der Waals surface area (Å²) in [6.45, 7) is 4.19. The third-order valence-corrected chi connectivity index (χ3v) is 2.33. The van der Waals surface area contributed by atoms with Gasteiger partial charge in [0.15, 0.2) is 0 Å². The summed E-state index contributed by atoms with van der Waals surface area (Å²) in [5.74, 6) is 0.370. The molecule has 2 nitrogen and oxygen atoms in total. The maximum atomic E-state index is 11.0. The number of rotatable bonds is 4. The van der Waals surface area contributed by atoms with Crippen LogP contribution in [-0.2, 0) is 4.79 Å². The Morgan fingerprint density at radius 2 is 2.21 bits per heavy atom. The molecule has 76 valence electrons. The van der Waals surface area contributed by atoms with Gasteiger partial charge in [0, 0.05) is 12.3 Å². The summed E-state index contributed by atoms with van der Waals surface area (Å²) in [5.41, 5.74) is 8.03. The van der Waals surface area contributed by atoms with E-state index in [1.165, 1.54) is 11.1 Å². The van der Waals surface area contributed by atoms with Gasteiger partial charge in [-0.3, -0.25) is 0 Å². The van der Waals surface area contributed by atoms with E-state index in [0.717, 1.165) is 0 Å². The van der Waals surface area contributed by atoms with E-state index in [0.29, 0.717) is 13.0 Å². The van der Waals surface area contributed by atoms with Crippen LogP contribution >= 0.6 is 0 Å². The molecule has 0 aromatic heterocycles. The maximum absolute atomic E-state index is 11.0. The summed E-state index contributed by atoms with van der Waals surface area (Å²) >= 11 is 0. The molecule has 0 radical (unpaired) electrons. The number of nitrogens with two attached hydrogens (primary N) is 1. The molecule has 1 atom stereocenters. The lowest BCUT2D eigenvalue weighted by atomic mass is 9.93. The van der Waals surface area contributed by atoms with Crippen LogP contribution in [0.4, 0.5) is 0 Å². The largest absolute Gasteiger partial charge is 0.330 e. The molecule has 0 saturated heterocycles. The SMILES string of the molecule is CC(=O)C[C@H](CN)c1cccc(C)c1. The molecule has 0 spiro atoms. The fourth-order valence-corrected chi connectivity index (χ4v) is 1.61. The molecule has 0 amide bonds. The predicted octanol–water partition coefficient (Wildman–Crippen LogP) is 2.02. The summed E-state index contributed by atoms with van der Waals surface area (Å²) in [5, 5.41) is 0. The number of Topliss-reactive ketones (excluding diaryl/α,β-unsaturated/α-hetero) is 1. The molecule has 2 heteroatoms. The summed E-state index contributed by atoms with van der Waals surface area (Å²) in [7, 11) is 0. The number of ketones is 1. The molecule has 0 fully saturated rings. The van der Waals surface area contributed by atoms with Gasteiger partial charge < -0.3 is 10.5 Å². The van der Waals surface area contributed by atoms with Crippen LogP contribution in [0.2, 0.25) is 0 Å². The molecule has 1 aromatic rings. The van der Waals surface area contributed by atoms with Crippen LogP contribution in [-0.4, -0.2) is 12.3 Å². The molecule has 1 aromatic carbocycles. The summed E-state index contributed by atoms with van der Waals surface area (Å²) in [4.78, 5) is 11.0. The van der Waals surface area contributed by atoms with E-state index in [9.17, 15) is 4.79 Å². The smallest absolute Gasteiger partial charge is 0.130 e. The fraction of sp³-hybridized carbons (Fsp3) is 0.417. The standard InChI is InChI=1S/C12H17NO/c1-9-4-3-5-11(6-9)12(8-13)7-10(2)14/h3-6,12H,7-8,13H2,1-2H3/t12-/m1/s1. The Kier molecular flexibility index (Phi) is 3.84. The lowest BCUT2D eigenvalue weighted by Crippen LogP contribution is -2.15. The van der Waals surface area contributed by atoms with E-state index in [1.54, 1.807) is 6.92 Å². The Morgan fingerprint density at radius 3 is 2.71 bits per heavy atom. The van der Waals surface area contributed by atoms with Crippen molar-refractivity contribution < 1.29 is 4.79 Å².